The van der Waals surface area contributed by atoms with Gasteiger partial charge in [0.25, 0.3) is 11.8 Å². The molecule has 1 aromatic rings. The molecule has 0 radical (unpaired) electrons. The van der Waals surface area contributed by atoms with Crippen LogP contribution in [0.4, 0.5) is 4.79 Å². The van der Waals surface area contributed by atoms with Crippen LogP contribution in [0, 0.1) is 29.1 Å². The van der Waals surface area contributed by atoms with E-state index in [0.717, 1.165) is 44.9 Å². The van der Waals surface area contributed by atoms with Crippen molar-refractivity contribution in [1.82, 2.24) is 36.1 Å². The van der Waals surface area contributed by atoms with Crippen molar-refractivity contribution in [2.45, 2.75) is 136 Å². The number of nitrogens with one attached hydrogen (secondary N) is 4. The fourth-order valence-corrected chi connectivity index (χ4v) is 7.26. The lowest BCUT2D eigenvalue weighted by molar-refractivity contribution is -0.135. The summed E-state index contributed by atoms with van der Waals surface area (Å²) in [7, 11) is 0. The maximum absolute atomic E-state index is 14.3. The molecule has 54 heavy (non-hydrogen) atoms. The van der Waals surface area contributed by atoms with Crippen LogP contribution >= 0.6 is 0 Å². The summed E-state index contributed by atoms with van der Waals surface area (Å²) in [6.45, 7) is 11.4. The van der Waals surface area contributed by atoms with Gasteiger partial charge in [0.05, 0.1) is 36.8 Å². The molecule has 5 amide bonds. The third-order valence-corrected chi connectivity index (χ3v) is 10.6. The van der Waals surface area contributed by atoms with E-state index in [1.807, 2.05) is 41.5 Å². The number of hydrogen-bond donors (Lipinski definition) is 5. The summed E-state index contributed by atoms with van der Waals surface area (Å²) in [5.74, 6) is -4.12. The van der Waals surface area contributed by atoms with Crippen molar-refractivity contribution in [3.63, 3.8) is 0 Å². The Kier molecular flexibility index (Phi) is 15.3. The van der Waals surface area contributed by atoms with E-state index >= 15 is 0 Å². The van der Waals surface area contributed by atoms with Gasteiger partial charge in [0.2, 0.25) is 11.8 Å². The molecule has 5 N–H and O–H groups in total. The van der Waals surface area contributed by atoms with Crippen LogP contribution in [0.3, 0.4) is 0 Å². The van der Waals surface area contributed by atoms with Gasteiger partial charge in [-0.2, -0.15) is 0 Å². The lowest BCUT2D eigenvalue weighted by atomic mass is 9.74. The van der Waals surface area contributed by atoms with Gasteiger partial charge in [-0.25, -0.2) is 9.78 Å². The molecule has 15 heteroatoms. The summed E-state index contributed by atoms with van der Waals surface area (Å²) >= 11 is 0. The van der Waals surface area contributed by atoms with E-state index in [9.17, 15) is 33.9 Å². The first-order valence-corrected chi connectivity index (χ1v) is 19.7. The summed E-state index contributed by atoms with van der Waals surface area (Å²) in [6.07, 6.45) is 8.99. The van der Waals surface area contributed by atoms with E-state index in [1.165, 1.54) is 23.5 Å². The van der Waals surface area contributed by atoms with Gasteiger partial charge in [-0.15, -0.1) is 0 Å². The highest BCUT2D eigenvalue weighted by atomic mass is 16.6. The maximum Gasteiger partial charge on any atom is 0.409 e. The molecule has 300 valence electrons. The Morgan fingerprint density at radius 2 is 1.65 bits per heavy atom. The summed E-state index contributed by atoms with van der Waals surface area (Å²) < 4.78 is 5.47. The minimum Gasteiger partial charge on any atom is -0.449 e. The predicted octanol–water partition coefficient (Wildman–Crippen LogP) is 2.91. The summed E-state index contributed by atoms with van der Waals surface area (Å²) in [5.41, 5.74) is -0.612. The predicted molar refractivity (Wildman–Crippen MR) is 200 cm³/mol. The number of Topliss-reactive ketones (excluding diaryl/α,β-unsaturated/α-hetero) is 1. The number of hydrogen-bond acceptors (Lipinski definition) is 10. The molecule has 2 aliphatic carbocycles. The SMILES string of the molecule is CCC[C@H](NC(=O)[C@@H]1CN(C(=O)OCC(C)C)C[C@@H]1NC(=O)[C@@H](CC(=O)[C@@H](NC(=O)c1cnccn1)C1CCCCC1)C(C)(C)C)C(O)C(=O)NC1CC1. The number of nitrogens with zero attached hydrogens (tertiary/aromatic N) is 3. The van der Waals surface area contributed by atoms with E-state index < -0.39 is 71.2 Å². The number of aromatic nitrogens is 2. The zero-order valence-corrected chi connectivity index (χ0v) is 32.8. The Morgan fingerprint density at radius 1 is 0.944 bits per heavy atom. The molecular formula is C39H61N7O8. The number of aliphatic hydroxyl groups excluding tert-OH is 1. The van der Waals surface area contributed by atoms with Crippen LogP contribution in [0.5, 0.6) is 0 Å². The van der Waals surface area contributed by atoms with Crippen molar-refractivity contribution in [2.75, 3.05) is 19.7 Å². The van der Waals surface area contributed by atoms with Crippen molar-refractivity contribution in [3.8, 4) is 0 Å². The quantitative estimate of drug-likeness (QED) is 0.157. The van der Waals surface area contributed by atoms with Gasteiger partial charge in [-0.05, 0) is 49.4 Å². The first-order valence-electron chi connectivity index (χ1n) is 19.7. The van der Waals surface area contributed by atoms with Gasteiger partial charge < -0.3 is 36.0 Å². The molecule has 15 nitrogen and oxygen atoms in total. The lowest BCUT2D eigenvalue weighted by Crippen LogP contribution is -2.55. The van der Waals surface area contributed by atoms with Gasteiger partial charge in [-0.1, -0.05) is 67.2 Å². The second kappa shape index (κ2) is 19.4. The topological polar surface area (TPSA) is 209 Å². The second-order valence-corrected chi connectivity index (χ2v) is 16.8. The number of amides is 5. The smallest absolute Gasteiger partial charge is 0.409 e. The number of rotatable bonds is 17. The summed E-state index contributed by atoms with van der Waals surface area (Å²) in [4.78, 5) is 90.9. The molecule has 1 aliphatic heterocycles. The minimum absolute atomic E-state index is 0.0202. The first kappa shape index (κ1) is 42.6. The van der Waals surface area contributed by atoms with E-state index in [2.05, 4.69) is 31.2 Å². The molecule has 1 unspecified atom stereocenters. The highest BCUT2D eigenvalue weighted by molar-refractivity contribution is 5.98. The van der Waals surface area contributed by atoms with Crippen LogP contribution in [0.1, 0.15) is 116 Å². The van der Waals surface area contributed by atoms with Crippen molar-refractivity contribution in [1.29, 1.82) is 0 Å². The lowest BCUT2D eigenvalue weighted by Gasteiger charge is -2.34. The third kappa shape index (κ3) is 12.2. The molecule has 6 atom stereocenters. The Hall–Kier alpha value is -4.14. The van der Waals surface area contributed by atoms with E-state index in [4.69, 9.17) is 4.74 Å². The van der Waals surface area contributed by atoms with Crippen molar-refractivity contribution >= 4 is 35.5 Å². The molecule has 1 saturated heterocycles. The fraction of sp³-hybridized carbons (Fsp3) is 0.744. The maximum atomic E-state index is 14.3. The Morgan fingerprint density at radius 3 is 2.24 bits per heavy atom. The average molecular weight is 756 g/mol. The number of likely N-dealkylation sites (tertiary alicyclic amines) is 1. The van der Waals surface area contributed by atoms with Crippen LogP contribution < -0.4 is 21.3 Å². The van der Waals surface area contributed by atoms with Gasteiger partial charge in [0.15, 0.2) is 11.9 Å². The number of aliphatic hydroxyl groups is 1. The highest BCUT2D eigenvalue weighted by Gasteiger charge is 2.45. The Bertz CT molecular complexity index is 1460. The molecule has 2 heterocycles. The van der Waals surface area contributed by atoms with Crippen LogP contribution in [0.2, 0.25) is 0 Å². The first-order chi connectivity index (χ1) is 25.6. The second-order valence-electron chi connectivity index (χ2n) is 16.8. The monoisotopic (exact) mass is 755 g/mol. The van der Waals surface area contributed by atoms with Gasteiger partial charge in [-0.3, -0.25) is 29.0 Å². The summed E-state index contributed by atoms with van der Waals surface area (Å²) in [6, 6.07) is -2.53. The zero-order chi connectivity index (χ0) is 39.6. The van der Waals surface area contributed by atoms with Crippen LogP contribution in [-0.4, -0.2) is 105 Å². The van der Waals surface area contributed by atoms with Crippen LogP contribution in [0.15, 0.2) is 18.6 Å². The molecule has 3 aliphatic rings. The zero-order valence-electron chi connectivity index (χ0n) is 32.8. The minimum atomic E-state index is -1.47. The molecular weight excluding hydrogens is 694 g/mol. The third-order valence-electron chi connectivity index (χ3n) is 10.6. The van der Waals surface area contributed by atoms with Crippen molar-refractivity contribution in [2.24, 2.45) is 29.1 Å². The molecule has 1 aromatic heterocycles. The summed E-state index contributed by atoms with van der Waals surface area (Å²) in [5, 5.41) is 22.4. The van der Waals surface area contributed by atoms with Gasteiger partial charge >= 0.3 is 6.09 Å². The number of ether oxygens (including phenoxy) is 1. The van der Waals surface area contributed by atoms with Crippen molar-refractivity contribution in [3.05, 3.63) is 24.3 Å². The molecule has 3 fully saturated rings. The fourth-order valence-electron chi connectivity index (χ4n) is 7.26. The normalized spacial score (nSPS) is 21.4. The van der Waals surface area contributed by atoms with E-state index in [1.54, 1.807) is 0 Å². The average Bonchev–Trinajstić information content (AvgIpc) is 3.86. The number of ketones is 1. The van der Waals surface area contributed by atoms with Crippen LogP contribution in [0.25, 0.3) is 0 Å². The number of carbonyl (C=O) groups excluding carboxylic acids is 6. The van der Waals surface area contributed by atoms with E-state index in [-0.39, 0.29) is 55.5 Å². The molecule has 0 bridgehead atoms. The molecule has 2 saturated carbocycles. The largest absolute Gasteiger partial charge is 0.449 e. The van der Waals surface area contributed by atoms with Gasteiger partial charge in [0, 0.05) is 43.9 Å². The number of carbonyl (C=O) groups is 6. The van der Waals surface area contributed by atoms with E-state index in [0.29, 0.717) is 12.8 Å². The molecule has 0 spiro atoms. The Balaban J connectivity index is 1.53. The van der Waals surface area contributed by atoms with Crippen LogP contribution in [-0.2, 0) is 23.9 Å². The molecule has 4 rings (SSSR count). The highest BCUT2D eigenvalue weighted by Crippen LogP contribution is 2.33. The Labute approximate surface area is 318 Å². The van der Waals surface area contributed by atoms with Crippen molar-refractivity contribution < 1.29 is 38.6 Å². The molecule has 0 aromatic carbocycles. The van der Waals surface area contributed by atoms with Gasteiger partial charge in [0.1, 0.15) is 5.69 Å². The standard InChI is InChI=1S/C39H61N7O8/c1-7-11-28(33(48)37(52)42-25-14-15-25)43-34(49)26-20-46(38(53)54-22-23(2)3)21-30(26)44-35(50)27(39(4,5)6)18-31(47)32(24-12-9-8-10-13-24)45-36(51)29-19-40-16-17-41-29/h16-17,19,23-28,30,32-33,48H,7-15,18,20-22H2,1-6H3,(H,42,52)(H,43,49)(H,44,50)(H,45,51)/t26-,27-,28+,30+,32+,33?/m1/s1.